The van der Waals surface area contributed by atoms with Crippen LogP contribution in [0.4, 0.5) is 0 Å². The van der Waals surface area contributed by atoms with Crippen LogP contribution in [-0.4, -0.2) is 28.1 Å². The number of carbonyl (C=O) groups excluding carboxylic acids is 1. The standard InChI is InChI=1S/C21H33NO4/c1-2-3-4-5-6-7-8-9-10-11-20(24)22-19(21(25)26)16-17-12-14-18(23)15-13-17/h12-15,19,23H,2-11,16H2,1H3,(H,22,24)(H,25,26)/t19-/m1/s1. The maximum absolute atomic E-state index is 12.0. The van der Waals surface area contributed by atoms with Crippen molar-refractivity contribution in [3.63, 3.8) is 0 Å². The highest BCUT2D eigenvalue weighted by Crippen LogP contribution is 2.12. The Morgan fingerprint density at radius 3 is 2.00 bits per heavy atom. The Morgan fingerprint density at radius 1 is 0.923 bits per heavy atom. The number of benzene rings is 1. The lowest BCUT2D eigenvalue weighted by molar-refractivity contribution is -0.141. The number of unbranched alkanes of at least 4 members (excludes halogenated alkanes) is 8. The van der Waals surface area contributed by atoms with E-state index in [9.17, 15) is 19.8 Å². The third-order valence-corrected chi connectivity index (χ3v) is 4.52. The number of phenols is 1. The Bertz CT molecular complexity index is 527. The molecule has 0 aliphatic heterocycles. The van der Waals surface area contributed by atoms with Gasteiger partial charge in [0.05, 0.1) is 0 Å². The van der Waals surface area contributed by atoms with Crippen molar-refractivity contribution in [2.75, 3.05) is 0 Å². The van der Waals surface area contributed by atoms with Gasteiger partial charge in [0.1, 0.15) is 11.8 Å². The van der Waals surface area contributed by atoms with Gasteiger partial charge in [-0.2, -0.15) is 0 Å². The molecule has 1 aromatic rings. The molecule has 0 fully saturated rings. The Morgan fingerprint density at radius 2 is 1.46 bits per heavy atom. The number of amides is 1. The van der Waals surface area contributed by atoms with E-state index >= 15 is 0 Å². The number of carboxylic acids is 1. The fourth-order valence-corrected chi connectivity index (χ4v) is 2.93. The maximum atomic E-state index is 12.0. The number of hydrogen-bond acceptors (Lipinski definition) is 3. The van der Waals surface area contributed by atoms with E-state index in [1.54, 1.807) is 12.1 Å². The molecule has 0 bridgehead atoms. The maximum Gasteiger partial charge on any atom is 0.326 e. The first-order valence-electron chi connectivity index (χ1n) is 9.83. The van der Waals surface area contributed by atoms with Crippen LogP contribution in [0.3, 0.4) is 0 Å². The first-order chi connectivity index (χ1) is 12.5. The summed E-state index contributed by atoms with van der Waals surface area (Å²) in [4.78, 5) is 23.4. The van der Waals surface area contributed by atoms with Gasteiger partial charge in [0.25, 0.3) is 0 Å². The third-order valence-electron chi connectivity index (χ3n) is 4.52. The number of rotatable bonds is 14. The summed E-state index contributed by atoms with van der Waals surface area (Å²) in [5.41, 5.74) is 0.763. The van der Waals surface area contributed by atoms with Crippen molar-refractivity contribution in [1.82, 2.24) is 5.32 Å². The van der Waals surface area contributed by atoms with Crippen LogP contribution in [-0.2, 0) is 16.0 Å². The van der Waals surface area contributed by atoms with Crippen molar-refractivity contribution < 1.29 is 19.8 Å². The van der Waals surface area contributed by atoms with E-state index in [0.29, 0.717) is 6.42 Å². The number of nitrogens with one attached hydrogen (secondary N) is 1. The fourth-order valence-electron chi connectivity index (χ4n) is 2.93. The minimum absolute atomic E-state index is 0.134. The molecular weight excluding hydrogens is 330 g/mol. The molecule has 5 nitrogen and oxygen atoms in total. The average molecular weight is 363 g/mol. The third kappa shape index (κ3) is 10.1. The van der Waals surface area contributed by atoms with Crippen LogP contribution in [0.2, 0.25) is 0 Å². The normalized spacial score (nSPS) is 11.9. The molecule has 146 valence electrons. The topological polar surface area (TPSA) is 86.6 Å². The van der Waals surface area contributed by atoms with E-state index in [1.807, 2.05) is 0 Å². The van der Waals surface area contributed by atoms with E-state index in [1.165, 1.54) is 50.7 Å². The van der Waals surface area contributed by atoms with Crippen molar-refractivity contribution in [3.05, 3.63) is 29.8 Å². The zero-order valence-corrected chi connectivity index (χ0v) is 15.9. The molecule has 0 aliphatic carbocycles. The number of phenolic OH excluding ortho intramolecular Hbond substituents is 1. The molecule has 0 heterocycles. The van der Waals surface area contributed by atoms with Gasteiger partial charge in [-0.15, -0.1) is 0 Å². The molecule has 1 aromatic carbocycles. The van der Waals surface area contributed by atoms with Crippen LogP contribution >= 0.6 is 0 Å². The van der Waals surface area contributed by atoms with Crippen molar-refractivity contribution in [2.24, 2.45) is 0 Å². The first-order valence-corrected chi connectivity index (χ1v) is 9.83. The minimum Gasteiger partial charge on any atom is -0.508 e. The Balaban J connectivity index is 2.20. The molecule has 1 amide bonds. The lowest BCUT2D eigenvalue weighted by Gasteiger charge is -2.14. The van der Waals surface area contributed by atoms with E-state index in [2.05, 4.69) is 12.2 Å². The van der Waals surface area contributed by atoms with Crippen LogP contribution in [0.15, 0.2) is 24.3 Å². The van der Waals surface area contributed by atoms with E-state index in [4.69, 9.17) is 0 Å². The van der Waals surface area contributed by atoms with Gasteiger partial charge in [-0.25, -0.2) is 4.79 Å². The second-order valence-electron chi connectivity index (χ2n) is 6.91. The molecule has 0 radical (unpaired) electrons. The highest BCUT2D eigenvalue weighted by Gasteiger charge is 2.20. The summed E-state index contributed by atoms with van der Waals surface area (Å²) in [6.45, 7) is 2.21. The van der Waals surface area contributed by atoms with Crippen LogP contribution in [0.25, 0.3) is 0 Å². The summed E-state index contributed by atoms with van der Waals surface area (Å²) >= 11 is 0. The fraction of sp³-hybridized carbons (Fsp3) is 0.619. The smallest absolute Gasteiger partial charge is 0.326 e. The van der Waals surface area contributed by atoms with Gasteiger partial charge in [-0.1, -0.05) is 70.4 Å². The number of carboxylic acid groups (broad SMARTS) is 1. The molecular formula is C21H33NO4. The molecule has 0 aromatic heterocycles. The zero-order chi connectivity index (χ0) is 19.2. The summed E-state index contributed by atoms with van der Waals surface area (Å²) in [5.74, 6) is -1.12. The van der Waals surface area contributed by atoms with E-state index < -0.39 is 12.0 Å². The summed E-state index contributed by atoms with van der Waals surface area (Å²) < 4.78 is 0. The molecule has 0 unspecified atom stereocenters. The highest BCUT2D eigenvalue weighted by atomic mass is 16.4. The first kappa shape index (κ1) is 22.0. The second-order valence-corrected chi connectivity index (χ2v) is 6.91. The average Bonchev–Trinajstić information content (AvgIpc) is 2.61. The largest absolute Gasteiger partial charge is 0.508 e. The zero-order valence-electron chi connectivity index (χ0n) is 15.9. The Labute approximate surface area is 156 Å². The number of carbonyl (C=O) groups is 2. The van der Waals surface area contributed by atoms with Crippen molar-refractivity contribution >= 4 is 11.9 Å². The highest BCUT2D eigenvalue weighted by molar-refractivity contribution is 5.83. The van der Waals surface area contributed by atoms with Gasteiger partial charge in [0.2, 0.25) is 5.91 Å². The van der Waals surface area contributed by atoms with Gasteiger partial charge in [0, 0.05) is 12.8 Å². The van der Waals surface area contributed by atoms with Crippen LogP contribution in [0.5, 0.6) is 5.75 Å². The quantitative estimate of drug-likeness (QED) is 0.427. The summed E-state index contributed by atoms with van der Waals surface area (Å²) in [6, 6.07) is 5.41. The molecule has 1 atom stereocenters. The van der Waals surface area contributed by atoms with Crippen LogP contribution in [0.1, 0.15) is 76.7 Å². The van der Waals surface area contributed by atoms with Gasteiger partial charge in [-0.05, 0) is 24.1 Å². The van der Waals surface area contributed by atoms with Crippen molar-refractivity contribution in [3.8, 4) is 5.75 Å². The number of aromatic hydroxyl groups is 1. The van der Waals surface area contributed by atoms with Gasteiger partial charge in [0.15, 0.2) is 0 Å². The van der Waals surface area contributed by atoms with Crippen molar-refractivity contribution in [2.45, 2.75) is 83.6 Å². The van der Waals surface area contributed by atoms with Gasteiger partial charge >= 0.3 is 5.97 Å². The summed E-state index contributed by atoms with van der Waals surface area (Å²) in [7, 11) is 0. The van der Waals surface area contributed by atoms with Gasteiger partial charge in [-0.3, -0.25) is 4.79 Å². The number of aliphatic carboxylic acids is 1. The van der Waals surface area contributed by atoms with Crippen LogP contribution < -0.4 is 5.32 Å². The van der Waals surface area contributed by atoms with E-state index in [0.717, 1.165) is 24.8 Å². The molecule has 0 spiro atoms. The Hall–Kier alpha value is -2.04. The second kappa shape index (κ2) is 13.2. The molecule has 0 saturated carbocycles. The SMILES string of the molecule is CCCCCCCCCCCC(=O)N[C@H](Cc1ccc(O)cc1)C(=O)O. The monoisotopic (exact) mass is 363 g/mol. The van der Waals surface area contributed by atoms with E-state index in [-0.39, 0.29) is 18.1 Å². The summed E-state index contributed by atoms with van der Waals surface area (Å²) in [5, 5.41) is 21.2. The molecule has 1 rings (SSSR count). The number of hydrogen-bond donors (Lipinski definition) is 3. The molecule has 3 N–H and O–H groups in total. The predicted octanol–water partition coefficient (Wildman–Crippen LogP) is 4.43. The molecule has 0 aliphatic rings. The lowest BCUT2D eigenvalue weighted by Crippen LogP contribution is -2.42. The molecule has 5 heteroatoms. The predicted molar refractivity (Wildman–Crippen MR) is 103 cm³/mol. The van der Waals surface area contributed by atoms with Gasteiger partial charge < -0.3 is 15.5 Å². The van der Waals surface area contributed by atoms with Crippen molar-refractivity contribution in [1.29, 1.82) is 0 Å². The minimum atomic E-state index is -1.04. The molecule has 0 saturated heterocycles. The lowest BCUT2D eigenvalue weighted by atomic mass is 10.0. The Kier molecular flexibility index (Phi) is 11.2. The summed E-state index contributed by atoms with van der Waals surface area (Å²) in [6.07, 6.45) is 11.2. The van der Waals surface area contributed by atoms with Crippen LogP contribution in [0, 0.1) is 0 Å². The molecule has 26 heavy (non-hydrogen) atoms.